The Morgan fingerprint density at radius 1 is 0.950 bits per heavy atom. The van der Waals surface area contributed by atoms with E-state index in [-0.39, 0.29) is 11.7 Å². The normalized spacial score (nSPS) is 16.1. The van der Waals surface area contributed by atoms with Crippen molar-refractivity contribution >= 4 is 11.6 Å². The third kappa shape index (κ3) is 6.49. The molecular formula is C18H30O2. The van der Waals surface area contributed by atoms with Crippen molar-refractivity contribution in [3.8, 4) is 0 Å². The molecule has 0 aromatic rings. The standard InChI is InChI=1S/C18H30O2/c1-3-4-5-9-12-17(19)15(2)13-14-18(20)16-10-7-6-8-11-16/h16H,2-14H2,1H3. The van der Waals surface area contributed by atoms with E-state index in [0.717, 1.165) is 25.7 Å². The van der Waals surface area contributed by atoms with Gasteiger partial charge in [0.15, 0.2) is 5.78 Å². The van der Waals surface area contributed by atoms with E-state index in [4.69, 9.17) is 0 Å². The average molecular weight is 278 g/mol. The van der Waals surface area contributed by atoms with Crippen molar-refractivity contribution in [2.45, 2.75) is 84.0 Å². The zero-order chi connectivity index (χ0) is 14.8. The zero-order valence-electron chi connectivity index (χ0n) is 13.1. The molecule has 0 aliphatic heterocycles. The first-order valence-electron chi connectivity index (χ1n) is 8.38. The highest BCUT2D eigenvalue weighted by atomic mass is 16.1. The maximum atomic E-state index is 12.1. The molecule has 2 nitrogen and oxygen atoms in total. The van der Waals surface area contributed by atoms with Gasteiger partial charge in [-0.2, -0.15) is 0 Å². The molecule has 0 aromatic heterocycles. The summed E-state index contributed by atoms with van der Waals surface area (Å²) in [7, 11) is 0. The summed E-state index contributed by atoms with van der Waals surface area (Å²) >= 11 is 0. The van der Waals surface area contributed by atoms with E-state index in [9.17, 15) is 9.59 Å². The van der Waals surface area contributed by atoms with Gasteiger partial charge in [0.1, 0.15) is 5.78 Å². The van der Waals surface area contributed by atoms with Gasteiger partial charge in [-0.25, -0.2) is 0 Å². The fourth-order valence-electron chi connectivity index (χ4n) is 2.93. The maximum Gasteiger partial charge on any atom is 0.158 e. The SMILES string of the molecule is C=C(CCC(=O)C1CCCCC1)C(=O)CCCCCC. The lowest BCUT2D eigenvalue weighted by Gasteiger charge is -2.20. The Labute approximate surface area is 124 Å². The molecule has 0 aromatic carbocycles. The van der Waals surface area contributed by atoms with Crippen molar-refractivity contribution < 1.29 is 9.59 Å². The highest BCUT2D eigenvalue weighted by molar-refractivity contribution is 5.95. The summed E-state index contributed by atoms with van der Waals surface area (Å²) < 4.78 is 0. The summed E-state index contributed by atoms with van der Waals surface area (Å²) in [5.74, 6) is 0.776. The minimum absolute atomic E-state index is 0.164. The van der Waals surface area contributed by atoms with E-state index in [1.54, 1.807) is 0 Å². The van der Waals surface area contributed by atoms with Gasteiger partial charge in [-0.15, -0.1) is 0 Å². The van der Waals surface area contributed by atoms with E-state index in [1.165, 1.54) is 32.1 Å². The second-order valence-corrected chi connectivity index (χ2v) is 6.14. The number of carbonyl (C=O) groups is 2. The van der Waals surface area contributed by atoms with E-state index >= 15 is 0 Å². The Bertz CT molecular complexity index is 324. The lowest BCUT2D eigenvalue weighted by Crippen LogP contribution is -2.18. The third-order valence-electron chi connectivity index (χ3n) is 4.39. The Morgan fingerprint density at radius 3 is 2.30 bits per heavy atom. The fourth-order valence-corrected chi connectivity index (χ4v) is 2.93. The van der Waals surface area contributed by atoms with Crippen LogP contribution in [-0.2, 0) is 9.59 Å². The Kier molecular flexibility index (Phi) is 8.48. The molecule has 1 rings (SSSR count). The molecule has 1 fully saturated rings. The zero-order valence-corrected chi connectivity index (χ0v) is 13.1. The van der Waals surface area contributed by atoms with Crippen LogP contribution in [0.15, 0.2) is 12.2 Å². The summed E-state index contributed by atoms with van der Waals surface area (Å²) in [6, 6.07) is 0. The van der Waals surface area contributed by atoms with Crippen LogP contribution in [0, 0.1) is 5.92 Å². The number of ketones is 2. The van der Waals surface area contributed by atoms with Gasteiger partial charge in [-0.05, 0) is 31.3 Å². The van der Waals surface area contributed by atoms with Crippen LogP contribution in [0.3, 0.4) is 0 Å². The predicted molar refractivity (Wildman–Crippen MR) is 83.7 cm³/mol. The van der Waals surface area contributed by atoms with Crippen molar-refractivity contribution in [2.75, 3.05) is 0 Å². The summed E-state index contributed by atoms with van der Waals surface area (Å²) in [6.45, 7) is 6.03. The Morgan fingerprint density at radius 2 is 1.65 bits per heavy atom. The van der Waals surface area contributed by atoms with Crippen LogP contribution in [0.4, 0.5) is 0 Å². The average Bonchev–Trinajstić information content (AvgIpc) is 2.49. The van der Waals surface area contributed by atoms with Crippen LogP contribution in [0.2, 0.25) is 0 Å². The molecule has 1 aliphatic carbocycles. The molecule has 1 saturated carbocycles. The van der Waals surface area contributed by atoms with Gasteiger partial charge < -0.3 is 0 Å². The second kappa shape index (κ2) is 9.90. The minimum atomic E-state index is 0.164. The molecule has 114 valence electrons. The molecule has 0 spiro atoms. The van der Waals surface area contributed by atoms with E-state index in [1.807, 2.05) is 0 Å². The molecule has 2 heteroatoms. The summed E-state index contributed by atoms with van der Waals surface area (Å²) in [6.07, 6.45) is 11.9. The number of hydrogen-bond acceptors (Lipinski definition) is 2. The molecule has 20 heavy (non-hydrogen) atoms. The molecule has 0 unspecified atom stereocenters. The van der Waals surface area contributed by atoms with Crippen LogP contribution >= 0.6 is 0 Å². The monoisotopic (exact) mass is 278 g/mol. The highest BCUT2D eigenvalue weighted by Crippen LogP contribution is 2.26. The molecule has 0 bridgehead atoms. The summed E-state index contributed by atoms with van der Waals surface area (Å²) in [5.41, 5.74) is 0.658. The van der Waals surface area contributed by atoms with Crippen LogP contribution in [-0.4, -0.2) is 11.6 Å². The van der Waals surface area contributed by atoms with Crippen LogP contribution in [0.5, 0.6) is 0 Å². The fraction of sp³-hybridized carbons (Fsp3) is 0.778. The molecule has 0 atom stereocenters. The Hall–Kier alpha value is -0.920. The van der Waals surface area contributed by atoms with Crippen molar-refractivity contribution in [3.05, 3.63) is 12.2 Å². The first-order chi connectivity index (χ1) is 9.65. The number of carbonyl (C=O) groups excluding carboxylic acids is 2. The van der Waals surface area contributed by atoms with Crippen molar-refractivity contribution in [3.63, 3.8) is 0 Å². The van der Waals surface area contributed by atoms with Gasteiger partial charge >= 0.3 is 0 Å². The van der Waals surface area contributed by atoms with Gasteiger partial charge in [0, 0.05) is 18.8 Å². The lowest BCUT2D eigenvalue weighted by molar-refractivity contribution is -0.123. The number of unbranched alkanes of at least 4 members (excludes halogenated alkanes) is 3. The number of allylic oxidation sites excluding steroid dienone is 1. The van der Waals surface area contributed by atoms with Gasteiger partial charge in [0.2, 0.25) is 0 Å². The Balaban J connectivity index is 2.17. The molecule has 0 amide bonds. The summed E-state index contributed by atoms with van der Waals surface area (Å²) in [5, 5.41) is 0. The molecule has 0 N–H and O–H groups in total. The summed E-state index contributed by atoms with van der Waals surface area (Å²) in [4.78, 5) is 24.0. The maximum absolute atomic E-state index is 12.1. The highest BCUT2D eigenvalue weighted by Gasteiger charge is 2.21. The largest absolute Gasteiger partial charge is 0.299 e. The van der Waals surface area contributed by atoms with Crippen LogP contribution in [0.25, 0.3) is 0 Å². The molecule has 0 radical (unpaired) electrons. The number of hydrogen-bond donors (Lipinski definition) is 0. The topological polar surface area (TPSA) is 34.1 Å². The van der Waals surface area contributed by atoms with Crippen molar-refractivity contribution in [1.29, 1.82) is 0 Å². The van der Waals surface area contributed by atoms with Gasteiger partial charge in [0.25, 0.3) is 0 Å². The van der Waals surface area contributed by atoms with Crippen molar-refractivity contribution in [2.24, 2.45) is 5.92 Å². The minimum Gasteiger partial charge on any atom is -0.299 e. The molecule has 1 aliphatic rings. The van der Waals surface area contributed by atoms with E-state index in [2.05, 4.69) is 13.5 Å². The van der Waals surface area contributed by atoms with Gasteiger partial charge in [-0.3, -0.25) is 9.59 Å². The van der Waals surface area contributed by atoms with Crippen molar-refractivity contribution in [1.82, 2.24) is 0 Å². The quantitative estimate of drug-likeness (QED) is 0.416. The van der Waals surface area contributed by atoms with E-state index in [0.29, 0.717) is 30.6 Å². The third-order valence-corrected chi connectivity index (χ3v) is 4.39. The molecule has 0 saturated heterocycles. The van der Waals surface area contributed by atoms with Crippen LogP contribution in [0.1, 0.15) is 84.0 Å². The molecular weight excluding hydrogens is 248 g/mol. The first kappa shape index (κ1) is 17.1. The molecule has 0 heterocycles. The van der Waals surface area contributed by atoms with Crippen LogP contribution < -0.4 is 0 Å². The number of rotatable bonds is 10. The lowest BCUT2D eigenvalue weighted by atomic mass is 9.84. The van der Waals surface area contributed by atoms with Gasteiger partial charge in [-0.1, -0.05) is 52.0 Å². The van der Waals surface area contributed by atoms with Gasteiger partial charge in [0.05, 0.1) is 0 Å². The van der Waals surface area contributed by atoms with E-state index < -0.39 is 0 Å². The first-order valence-corrected chi connectivity index (χ1v) is 8.38. The number of Topliss-reactive ketones (excluding diaryl/α,β-unsaturated/α-hetero) is 2. The second-order valence-electron chi connectivity index (χ2n) is 6.14. The predicted octanol–water partition coefficient (Wildman–Crippen LogP) is 5.01. The smallest absolute Gasteiger partial charge is 0.158 e.